The third-order valence-electron chi connectivity index (χ3n) is 8.03. The van der Waals surface area contributed by atoms with E-state index in [4.69, 9.17) is 13.1 Å². The molecule has 2 aliphatic carbocycles. The molecule has 0 radical (unpaired) electrons. The van der Waals surface area contributed by atoms with Gasteiger partial charge < -0.3 is 0 Å². The zero-order valence-electron chi connectivity index (χ0n) is 23.7. The van der Waals surface area contributed by atoms with Crippen molar-refractivity contribution in [3.05, 3.63) is 127 Å². The topological polar surface area (TPSA) is 108 Å². The van der Waals surface area contributed by atoms with Crippen molar-refractivity contribution >= 4 is 11.4 Å². The van der Waals surface area contributed by atoms with Gasteiger partial charge in [0.1, 0.15) is 0 Å². The van der Waals surface area contributed by atoms with E-state index in [0.717, 1.165) is 24.3 Å². The monoisotopic (exact) mass is 644 g/mol. The number of nitrogens with zero attached hydrogens (tertiary/aromatic N) is 8. The van der Waals surface area contributed by atoms with Gasteiger partial charge in [0, 0.05) is 45.5 Å². The predicted molar refractivity (Wildman–Crippen MR) is 155 cm³/mol. The van der Waals surface area contributed by atoms with Gasteiger partial charge in [-0.3, -0.25) is 9.97 Å². The second-order valence-electron chi connectivity index (χ2n) is 10.6. The number of fused-ring (bicyclic) bond motifs is 6. The maximum Gasteiger partial charge on any atom is 0.270 e. The summed E-state index contributed by atoms with van der Waals surface area (Å²) in [6, 6.07) is 6.76. The smallest absolute Gasteiger partial charge is 0.252 e. The van der Waals surface area contributed by atoms with Crippen LogP contribution in [-0.4, -0.2) is 19.9 Å². The first-order valence-corrected chi connectivity index (χ1v) is 13.6. The Labute approximate surface area is 265 Å². The first kappa shape index (κ1) is 29.8. The molecule has 8 nitrogen and oxygen atoms in total. The quantitative estimate of drug-likeness (QED) is 0.136. The molecule has 2 heterocycles. The molecule has 228 valence electrons. The Morgan fingerprint density at radius 3 is 1.35 bits per heavy atom. The lowest BCUT2D eigenvalue weighted by Gasteiger charge is -2.12. The van der Waals surface area contributed by atoms with Gasteiger partial charge in [-0.05, 0) is 35.4 Å². The molecule has 0 fully saturated rings. The molecule has 0 amide bonds. The number of hydrogen-bond acceptors (Lipinski definition) is 6. The molecule has 2 aliphatic rings. The Kier molecular flexibility index (Phi) is 6.75. The van der Waals surface area contributed by atoms with Crippen molar-refractivity contribution in [2.45, 2.75) is 12.8 Å². The van der Waals surface area contributed by atoms with Crippen LogP contribution >= 0.6 is 0 Å². The second-order valence-corrected chi connectivity index (χ2v) is 10.6. The highest BCUT2D eigenvalue weighted by molar-refractivity contribution is 5.91. The van der Waals surface area contributed by atoms with E-state index in [9.17, 15) is 36.9 Å². The van der Waals surface area contributed by atoms with E-state index < -0.39 is 40.6 Å². The third kappa shape index (κ3) is 4.28. The number of nitriles is 2. The van der Waals surface area contributed by atoms with Gasteiger partial charge in [-0.1, -0.05) is 0 Å². The molecule has 48 heavy (non-hydrogen) atoms. The van der Waals surface area contributed by atoms with Crippen molar-refractivity contribution in [2.24, 2.45) is 0 Å². The zero-order valence-corrected chi connectivity index (χ0v) is 23.7. The number of halogens is 6. The standard InChI is InChI=1S/C34H10F6N8/c1-43-23(9-41)27-15-7-21-33(45-11-25(47-21)13-3-17(35)31(39)18(36)4-13)28(15)30(24(10-42)44-2)29-16(27)8-22-34(29)46-12-26(48-22)14-5-19(37)32(40)20(38)6-14/h3-6,11-12H,7-8H2. The Morgan fingerprint density at radius 1 is 0.625 bits per heavy atom. The molecule has 0 unspecified atom stereocenters. The SMILES string of the molecule is [C-]#[N+]C(C#N)=c1c2c(c(=C(C#N)[N+]#[C-])c3c1Cc1nc(-c4cc(F)c(F)c(F)c4)cnc1-3)-c1ncc(-c3cc(F)c(F)c(F)c3)nc1C2. The lowest BCUT2D eigenvalue weighted by Crippen LogP contribution is -2.26. The molecule has 3 aromatic carbocycles. The summed E-state index contributed by atoms with van der Waals surface area (Å²) in [6.07, 6.45) is 2.18. The maximum atomic E-state index is 14.0. The Hall–Kier alpha value is -6.90. The molecular weight excluding hydrogens is 634 g/mol. The van der Waals surface area contributed by atoms with Gasteiger partial charge in [-0.2, -0.15) is 0 Å². The van der Waals surface area contributed by atoms with Crippen LogP contribution in [0.1, 0.15) is 22.5 Å². The highest BCUT2D eigenvalue weighted by Crippen LogP contribution is 2.39. The third-order valence-corrected chi connectivity index (χ3v) is 8.03. The lowest BCUT2D eigenvalue weighted by atomic mass is 9.92. The van der Waals surface area contributed by atoms with Crippen molar-refractivity contribution in [2.75, 3.05) is 0 Å². The van der Waals surface area contributed by atoms with Crippen LogP contribution in [0.4, 0.5) is 26.3 Å². The van der Waals surface area contributed by atoms with Crippen LogP contribution in [0.5, 0.6) is 0 Å². The summed E-state index contributed by atoms with van der Waals surface area (Å²) in [6.45, 7) is 15.5. The van der Waals surface area contributed by atoms with E-state index in [0.29, 0.717) is 11.1 Å². The van der Waals surface area contributed by atoms with E-state index in [1.807, 2.05) is 12.1 Å². The van der Waals surface area contributed by atoms with Crippen LogP contribution in [0.2, 0.25) is 0 Å². The lowest BCUT2D eigenvalue weighted by molar-refractivity contribution is 0.447. The van der Waals surface area contributed by atoms with E-state index in [-0.39, 0.29) is 85.4 Å². The summed E-state index contributed by atoms with van der Waals surface area (Å²) in [5.41, 5.74) is 0.840. The van der Waals surface area contributed by atoms with E-state index >= 15 is 0 Å². The second kappa shape index (κ2) is 10.9. The van der Waals surface area contributed by atoms with E-state index in [1.54, 1.807) is 0 Å². The van der Waals surface area contributed by atoms with Gasteiger partial charge >= 0.3 is 0 Å². The Morgan fingerprint density at radius 2 is 1.00 bits per heavy atom. The van der Waals surface area contributed by atoms with Crippen LogP contribution < -0.4 is 10.4 Å². The summed E-state index contributed by atoms with van der Waals surface area (Å²) in [7, 11) is 0. The van der Waals surface area contributed by atoms with Gasteiger partial charge in [0.2, 0.25) is 0 Å². The van der Waals surface area contributed by atoms with Crippen molar-refractivity contribution in [3.8, 4) is 57.2 Å². The normalized spacial score (nSPS) is 11.7. The molecule has 2 aromatic heterocycles. The minimum absolute atomic E-state index is 0.0169. The van der Waals surface area contributed by atoms with Crippen LogP contribution in [0, 0.1) is 70.7 Å². The van der Waals surface area contributed by atoms with E-state index in [2.05, 4.69) is 29.6 Å². The molecule has 0 saturated carbocycles. The summed E-state index contributed by atoms with van der Waals surface area (Å²) in [5.74, 6) is -9.08. The number of hydrogen-bond donors (Lipinski definition) is 0. The predicted octanol–water partition coefficient (Wildman–Crippen LogP) is 5.68. The zero-order chi connectivity index (χ0) is 34.0. The largest absolute Gasteiger partial charge is 0.270 e. The number of benzene rings is 3. The van der Waals surface area contributed by atoms with Gasteiger partial charge in [-0.15, -0.1) is 0 Å². The van der Waals surface area contributed by atoms with Gasteiger partial charge in [-0.25, -0.2) is 56.5 Å². The highest BCUT2D eigenvalue weighted by atomic mass is 19.2. The minimum atomic E-state index is -1.66. The van der Waals surface area contributed by atoms with E-state index in [1.165, 1.54) is 12.4 Å². The minimum Gasteiger partial charge on any atom is -0.252 e. The van der Waals surface area contributed by atoms with Gasteiger partial charge in [0.15, 0.2) is 34.9 Å². The molecule has 0 N–H and O–H groups in total. The molecule has 0 saturated heterocycles. The summed E-state index contributed by atoms with van der Waals surface area (Å²) in [5, 5.41) is 20.3. The highest BCUT2D eigenvalue weighted by Gasteiger charge is 2.35. The summed E-state index contributed by atoms with van der Waals surface area (Å²) >= 11 is 0. The molecule has 0 spiro atoms. The molecular formula is C34H10F6N8. The molecule has 7 rings (SSSR count). The first-order chi connectivity index (χ1) is 23.1. The maximum absolute atomic E-state index is 14.0. The van der Waals surface area contributed by atoms with Crippen molar-refractivity contribution in [3.63, 3.8) is 0 Å². The summed E-state index contributed by atoms with van der Waals surface area (Å²) in [4.78, 5) is 24.7. The first-order valence-electron chi connectivity index (χ1n) is 13.6. The number of aromatic nitrogens is 4. The van der Waals surface area contributed by atoms with Crippen molar-refractivity contribution in [1.82, 2.24) is 19.9 Å². The molecule has 0 bridgehead atoms. The van der Waals surface area contributed by atoms with Crippen molar-refractivity contribution in [1.29, 1.82) is 10.5 Å². The molecule has 5 aromatic rings. The van der Waals surface area contributed by atoms with Crippen molar-refractivity contribution < 1.29 is 26.3 Å². The van der Waals surface area contributed by atoms with Crippen LogP contribution in [0.15, 0.2) is 36.7 Å². The molecule has 0 aliphatic heterocycles. The fourth-order valence-corrected chi connectivity index (χ4v) is 6.07. The number of rotatable bonds is 2. The average molecular weight is 644 g/mol. The summed E-state index contributed by atoms with van der Waals surface area (Å²) < 4.78 is 83.4. The van der Waals surface area contributed by atoms with Gasteiger partial charge in [0.05, 0.1) is 71.8 Å². The fourth-order valence-electron chi connectivity index (χ4n) is 6.07. The fraction of sp³-hybridized carbons (Fsp3) is 0.0588. The van der Waals surface area contributed by atoms with Crippen LogP contribution in [-0.2, 0) is 12.8 Å². The molecule has 0 atom stereocenters. The van der Waals surface area contributed by atoms with Crippen LogP contribution in [0.3, 0.4) is 0 Å². The molecule has 14 heteroatoms. The average Bonchev–Trinajstić information content (AvgIpc) is 3.65. The van der Waals surface area contributed by atoms with Gasteiger partial charge in [0.25, 0.3) is 11.4 Å². The van der Waals surface area contributed by atoms with Crippen LogP contribution in [0.25, 0.3) is 66.1 Å². The Bertz CT molecular complexity index is 2420. The Balaban J connectivity index is 1.53.